The van der Waals surface area contributed by atoms with E-state index in [2.05, 4.69) is 0 Å². The summed E-state index contributed by atoms with van der Waals surface area (Å²) >= 11 is 0. The Hall–Kier alpha value is -4.87. The topological polar surface area (TPSA) is 114 Å². The van der Waals surface area contributed by atoms with Gasteiger partial charge in [-0.05, 0) is 74.5 Å². The van der Waals surface area contributed by atoms with Gasteiger partial charge in [0.2, 0.25) is 0 Å². The fourth-order valence-electron chi connectivity index (χ4n) is 5.25. The van der Waals surface area contributed by atoms with Gasteiger partial charge >= 0.3 is 0 Å². The van der Waals surface area contributed by atoms with Gasteiger partial charge in [0.1, 0.15) is 11.5 Å². The fraction of sp³-hybridized carbons (Fsp3) is 0.121. The van der Waals surface area contributed by atoms with Crippen LogP contribution in [0.2, 0.25) is 0 Å². The Kier molecular flexibility index (Phi) is 7.10. The molecule has 0 unspecified atom stereocenters. The van der Waals surface area contributed by atoms with Crippen molar-refractivity contribution in [3.63, 3.8) is 0 Å². The summed E-state index contributed by atoms with van der Waals surface area (Å²) in [6.45, 7) is 3.72. The van der Waals surface area contributed by atoms with Crippen LogP contribution in [0, 0.1) is 13.8 Å². The summed E-state index contributed by atoms with van der Waals surface area (Å²) in [6, 6.07) is 22.4. The third-order valence-corrected chi connectivity index (χ3v) is 11.0. The molecule has 44 heavy (non-hydrogen) atoms. The van der Waals surface area contributed by atoms with E-state index in [0.717, 1.165) is 19.1 Å². The monoisotopic (exact) mass is 628 g/mol. The Labute approximate surface area is 255 Å². The van der Waals surface area contributed by atoms with Crippen LogP contribution in [0.4, 0.5) is 0 Å². The first-order chi connectivity index (χ1) is 21.0. The number of hydrogen-bond acceptors (Lipinski definition) is 7. The maximum atomic E-state index is 14.5. The Bertz CT molecular complexity index is 2300. The van der Waals surface area contributed by atoms with E-state index in [-0.39, 0.29) is 37.7 Å². The van der Waals surface area contributed by atoms with E-state index < -0.39 is 25.8 Å². The summed E-state index contributed by atoms with van der Waals surface area (Å²) in [5, 5.41) is 0.672. The van der Waals surface area contributed by atoms with Gasteiger partial charge in [0.05, 0.1) is 40.6 Å². The number of aryl methyl sites for hydroxylation is 2. The van der Waals surface area contributed by atoms with Crippen LogP contribution in [-0.4, -0.2) is 44.8 Å². The summed E-state index contributed by atoms with van der Waals surface area (Å²) in [7, 11) is -5.20. The van der Waals surface area contributed by atoms with E-state index in [4.69, 9.17) is 9.47 Å². The number of methoxy groups -OCH3 is 2. The minimum Gasteiger partial charge on any atom is -0.497 e. The normalized spacial score (nSPS) is 12.1. The molecule has 0 bridgehead atoms. The van der Waals surface area contributed by atoms with Crippen LogP contribution in [0.15, 0.2) is 107 Å². The zero-order valence-electron chi connectivity index (χ0n) is 24.3. The lowest BCUT2D eigenvalue weighted by molar-refractivity contribution is 0.103. The molecule has 2 aromatic heterocycles. The number of aromatic nitrogens is 2. The van der Waals surface area contributed by atoms with Gasteiger partial charge < -0.3 is 9.47 Å². The van der Waals surface area contributed by atoms with Crippen LogP contribution < -0.4 is 9.47 Å². The number of benzene rings is 4. The highest BCUT2D eigenvalue weighted by Gasteiger charge is 2.29. The molecule has 0 atom stereocenters. The highest BCUT2D eigenvalue weighted by molar-refractivity contribution is 7.90. The smallest absolute Gasteiger partial charge is 0.268 e. The molecule has 0 radical (unpaired) electrons. The first-order valence-corrected chi connectivity index (χ1v) is 16.4. The van der Waals surface area contributed by atoms with Crippen molar-refractivity contribution in [2.45, 2.75) is 23.6 Å². The quantitative estimate of drug-likeness (QED) is 0.192. The van der Waals surface area contributed by atoms with E-state index in [1.54, 1.807) is 54.6 Å². The van der Waals surface area contributed by atoms with Crippen molar-refractivity contribution >= 4 is 47.6 Å². The number of ketones is 1. The van der Waals surface area contributed by atoms with Crippen LogP contribution >= 0.6 is 0 Å². The number of ether oxygens (including phenoxy) is 2. The minimum absolute atomic E-state index is 0.0629. The Morgan fingerprint density at radius 2 is 1.18 bits per heavy atom. The number of fused-ring (bicyclic) bond motifs is 2. The first-order valence-electron chi connectivity index (χ1n) is 13.5. The molecule has 0 N–H and O–H groups in total. The maximum Gasteiger partial charge on any atom is 0.268 e. The summed E-state index contributed by atoms with van der Waals surface area (Å²) in [4.78, 5) is 14.6. The van der Waals surface area contributed by atoms with Gasteiger partial charge in [-0.3, -0.25) is 4.79 Å². The molecule has 0 amide bonds. The van der Waals surface area contributed by atoms with E-state index in [9.17, 15) is 21.6 Å². The van der Waals surface area contributed by atoms with Crippen LogP contribution in [0.25, 0.3) is 21.8 Å². The maximum absolute atomic E-state index is 14.5. The molecule has 0 aliphatic carbocycles. The van der Waals surface area contributed by atoms with Gasteiger partial charge in [0, 0.05) is 28.7 Å². The average molecular weight is 629 g/mol. The molecule has 6 rings (SSSR count). The van der Waals surface area contributed by atoms with Crippen LogP contribution in [-0.2, 0) is 20.0 Å². The van der Waals surface area contributed by atoms with Crippen molar-refractivity contribution in [3.05, 3.63) is 120 Å². The number of nitrogens with zero attached hydrogens (tertiary/aromatic N) is 2. The van der Waals surface area contributed by atoms with E-state index in [1.165, 1.54) is 56.9 Å². The minimum atomic E-state index is -4.10. The van der Waals surface area contributed by atoms with E-state index in [0.29, 0.717) is 16.5 Å². The summed E-state index contributed by atoms with van der Waals surface area (Å²) < 4.78 is 68.0. The van der Waals surface area contributed by atoms with E-state index in [1.807, 2.05) is 13.8 Å². The highest BCUT2D eigenvalue weighted by atomic mass is 32.2. The zero-order valence-corrected chi connectivity index (χ0v) is 25.9. The number of carbonyl (C=O) groups excluding carboxylic acids is 1. The lowest BCUT2D eigenvalue weighted by atomic mass is 9.98. The second kappa shape index (κ2) is 10.7. The molecule has 224 valence electrons. The number of carbonyl (C=O) groups is 1. The highest BCUT2D eigenvalue weighted by Crippen LogP contribution is 2.36. The SMILES string of the molecule is COc1ccc2c(c1)c(C(=O)c1c(OC)ccc3c1ccn3S(=O)(=O)c1ccc(C)cc1)cn2S(=O)(=O)c1ccc(C)cc1. The molecule has 11 heteroatoms. The summed E-state index contributed by atoms with van der Waals surface area (Å²) in [5.41, 5.74) is 2.54. The Morgan fingerprint density at radius 1 is 0.636 bits per heavy atom. The largest absolute Gasteiger partial charge is 0.497 e. The second-order valence-electron chi connectivity index (χ2n) is 10.4. The predicted molar refractivity (Wildman–Crippen MR) is 168 cm³/mol. The first kappa shape index (κ1) is 29.2. The van der Waals surface area contributed by atoms with Crippen molar-refractivity contribution in [1.82, 2.24) is 7.94 Å². The molecule has 9 nitrogen and oxygen atoms in total. The van der Waals surface area contributed by atoms with Gasteiger partial charge in [0.15, 0.2) is 5.78 Å². The van der Waals surface area contributed by atoms with Crippen molar-refractivity contribution in [3.8, 4) is 11.5 Å². The van der Waals surface area contributed by atoms with Gasteiger partial charge in [0.25, 0.3) is 20.0 Å². The molecule has 0 aliphatic rings. The van der Waals surface area contributed by atoms with Gasteiger partial charge in [-0.1, -0.05) is 35.4 Å². The van der Waals surface area contributed by atoms with Crippen molar-refractivity contribution in [2.24, 2.45) is 0 Å². The Morgan fingerprint density at radius 3 is 1.75 bits per heavy atom. The zero-order chi connectivity index (χ0) is 31.4. The molecule has 2 heterocycles. The fourth-order valence-corrected chi connectivity index (χ4v) is 7.97. The molecule has 6 aromatic rings. The van der Waals surface area contributed by atoms with Gasteiger partial charge in [-0.25, -0.2) is 24.8 Å². The third kappa shape index (κ3) is 4.65. The molecule has 0 saturated heterocycles. The molecule has 0 saturated carbocycles. The molecule has 0 fully saturated rings. The van der Waals surface area contributed by atoms with Crippen LogP contribution in [0.3, 0.4) is 0 Å². The van der Waals surface area contributed by atoms with E-state index >= 15 is 0 Å². The number of rotatable bonds is 8. The molecular weight excluding hydrogens is 601 g/mol. The average Bonchev–Trinajstić information content (AvgIpc) is 3.63. The predicted octanol–water partition coefficient (Wildman–Crippen LogP) is 5.94. The van der Waals surface area contributed by atoms with Gasteiger partial charge in [-0.2, -0.15) is 0 Å². The third-order valence-electron chi connectivity index (χ3n) is 7.62. The van der Waals surface area contributed by atoms with Crippen molar-refractivity contribution < 1.29 is 31.1 Å². The Balaban J connectivity index is 1.57. The lowest BCUT2D eigenvalue weighted by Crippen LogP contribution is -2.13. The van der Waals surface area contributed by atoms with Crippen molar-refractivity contribution in [1.29, 1.82) is 0 Å². The van der Waals surface area contributed by atoms with Gasteiger partial charge in [-0.15, -0.1) is 0 Å². The summed E-state index contributed by atoms with van der Waals surface area (Å²) in [6.07, 6.45) is 2.68. The van der Waals surface area contributed by atoms with Crippen molar-refractivity contribution in [2.75, 3.05) is 14.2 Å². The molecular formula is C33H28N2O7S2. The molecule has 4 aromatic carbocycles. The van der Waals surface area contributed by atoms with Crippen LogP contribution in [0.1, 0.15) is 27.0 Å². The number of hydrogen-bond donors (Lipinski definition) is 0. The lowest BCUT2D eigenvalue weighted by Gasteiger charge is -2.12. The molecule has 0 aliphatic heterocycles. The standard InChI is InChI=1S/C33H28N2O7S2/c1-21-5-10-24(11-6-21)43(37,38)34-18-17-26-29(34)15-16-31(42-4)32(26)33(36)28-20-35(30-14-9-23(41-3)19-27(28)30)44(39,40)25-12-7-22(2)8-13-25/h5-20H,1-4H3. The summed E-state index contributed by atoms with van der Waals surface area (Å²) in [5.74, 6) is 0.0877. The second-order valence-corrected chi connectivity index (χ2v) is 14.0. The molecule has 0 spiro atoms. The van der Waals surface area contributed by atoms with Crippen LogP contribution in [0.5, 0.6) is 11.5 Å².